The predicted molar refractivity (Wildman–Crippen MR) is 81.3 cm³/mol. The Hall–Kier alpha value is -1.59. The minimum atomic E-state index is 0. The van der Waals surface area contributed by atoms with Gasteiger partial charge < -0.3 is 10.6 Å². The Morgan fingerprint density at radius 1 is 1.37 bits per heavy atom. The van der Waals surface area contributed by atoms with Crippen molar-refractivity contribution in [3.05, 3.63) is 29.1 Å². The van der Waals surface area contributed by atoms with Crippen molar-refractivity contribution in [1.29, 1.82) is 0 Å². The summed E-state index contributed by atoms with van der Waals surface area (Å²) in [4.78, 5) is 15.8. The summed E-state index contributed by atoms with van der Waals surface area (Å²) >= 11 is 1.59. The molecular formula is C13H14ClN3OS. The molecule has 0 spiro atoms. The fourth-order valence-electron chi connectivity index (χ4n) is 2.06. The third-order valence-corrected chi connectivity index (χ3v) is 3.87. The zero-order chi connectivity index (χ0) is 12.5. The monoisotopic (exact) mass is 295 g/mol. The Balaban J connectivity index is 0.00000133. The lowest BCUT2D eigenvalue weighted by molar-refractivity contribution is -0.116. The van der Waals surface area contributed by atoms with Gasteiger partial charge in [0, 0.05) is 30.1 Å². The van der Waals surface area contributed by atoms with Crippen LogP contribution in [0.15, 0.2) is 23.6 Å². The molecule has 1 aromatic carbocycles. The number of rotatable bonds is 2. The number of fused-ring (bicyclic) bond motifs is 1. The quantitative estimate of drug-likeness (QED) is 0.895. The second-order valence-electron chi connectivity index (χ2n) is 4.21. The molecule has 6 heteroatoms. The summed E-state index contributed by atoms with van der Waals surface area (Å²) in [5, 5.41) is 8.87. The van der Waals surface area contributed by atoms with Gasteiger partial charge in [0.2, 0.25) is 5.91 Å². The average molecular weight is 296 g/mol. The first-order valence-electron chi connectivity index (χ1n) is 5.82. The normalized spacial score (nSPS) is 13.2. The maximum Gasteiger partial charge on any atom is 0.224 e. The number of aromatic nitrogens is 1. The molecule has 0 radical (unpaired) electrons. The number of thiazole rings is 1. The molecule has 0 fully saturated rings. The first kappa shape index (κ1) is 13.8. The number of benzene rings is 1. The first-order chi connectivity index (χ1) is 8.76. The highest BCUT2D eigenvalue weighted by atomic mass is 35.5. The van der Waals surface area contributed by atoms with Crippen molar-refractivity contribution in [1.82, 2.24) is 4.98 Å². The first-order valence-corrected chi connectivity index (χ1v) is 6.70. The molecule has 0 bridgehead atoms. The van der Waals surface area contributed by atoms with E-state index < -0.39 is 0 Å². The van der Waals surface area contributed by atoms with Crippen molar-refractivity contribution in [2.24, 2.45) is 0 Å². The molecule has 3 rings (SSSR count). The summed E-state index contributed by atoms with van der Waals surface area (Å²) in [6, 6.07) is 6.07. The lowest BCUT2D eigenvalue weighted by Gasteiger charge is -2.17. The van der Waals surface area contributed by atoms with E-state index in [0.29, 0.717) is 6.42 Å². The highest BCUT2D eigenvalue weighted by Crippen LogP contribution is 2.30. The summed E-state index contributed by atoms with van der Waals surface area (Å²) in [6.45, 7) is 0. The van der Waals surface area contributed by atoms with Crippen LogP contribution in [0.1, 0.15) is 12.0 Å². The molecule has 0 unspecified atom stereocenters. The Labute approximate surface area is 121 Å². The van der Waals surface area contributed by atoms with Crippen LogP contribution in [0.4, 0.5) is 10.8 Å². The zero-order valence-electron chi connectivity index (χ0n) is 10.4. The van der Waals surface area contributed by atoms with Crippen LogP contribution in [-0.2, 0) is 11.2 Å². The van der Waals surface area contributed by atoms with E-state index in [1.165, 1.54) is 5.56 Å². The van der Waals surface area contributed by atoms with Crippen molar-refractivity contribution in [2.45, 2.75) is 12.8 Å². The Morgan fingerprint density at radius 2 is 2.21 bits per heavy atom. The van der Waals surface area contributed by atoms with E-state index >= 15 is 0 Å². The predicted octanol–water partition coefficient (Wildman–Crippen LogP) is 3.16. The topological polar surface area (TPSA) is 54.0 Å². The molecule has 1 aromatic heterocycles. The van der Waals surface area contributed by atoms with Gasteiger partial charge in [-0.15, -0.1) is 23.7 Å². The smallest absolute Gasteiger partial charge is 0.224 e. The van der Waals surface area contributed by atoms with Crippen LogP contribution in [0.5, 0.6) is 0 Å². The zero-order valence-corrected chi connectivity index (χ0v) is 12.0. The van der Waals surface area contributed by atoms with Crippen LogP contribution in [-0.4, -0.2) is 17.9 Å². The van der Waals surface area contributed by atoms with E-state index in [-0.39, 0.29) is 18.3 Å². The minimum Gasteiger partial charge on any atom is -0.365 e. The highest BCUT2D eigenvalue weighted by Gasteiger charge is 2.15. The van der Waals surface area contributed by atoms with Crippen LogP contribution in [0.2, 0.25) is 0 Å². The van der Waals surface area contributed by atoms with E-state index in [2.05, 4.69) is 21.7 Å². The number of anilines is 2. The standard InChI is InChI=1S/C13H13N3OS.ClH/c1-14-13-16-11(7-18-13)9-2-4-10-8(6-9)3-5-12(17)15-10;/h2,4,6-7H,3,5H2,1H3,(H,14,16)(H,15,17);1H. The summed E-state index contributed by atoms with van der Waals surface area (Å²) in [7, 11) is 1.87. The summed E-state index contributed by atoms with van der Waals surface area (Å²) in [5.74, 6) is 0.0985. The lowest BCUT2D eigenvalue weighted by atomic mass is 9.99. The van der Waals surface area contributed by atoms with E-state index in [4.69, 9.17) is 0 Å². The Morgan fingerprint density at radius 3 is 2.95 bits per heavy atom. The van der Waals surface area contributed by atoms with E-state index in [0.717, 1.165) is 28.5 Å². The molecule has 2 heterocycles. The average Bonchev–Trinajstić information content (AvgIpc) is 2.87. The molecule has 0 saturated carbocycles. The second-order valence-corrected chi connectivity index (χ2v) is 5.07. The number of carbonyl (C=O) groups excluding carboxylic acids is 1. The van der Waals surface area contributed by atoms with E-state index in [1.807, 2.05) is 24.6 Å². The number of hydrogen-bond donors (Lipinski definition) is 2. The molecule has 1 amide bonds. The van der Waals surface area contributed by atoms with Gasteiger partial charge in [0.25, 0.3) is 0 Å². The van der Waals surface area contributed by atoms with Crippen molar-refractivity contribution < 1.29 is 4.79 Å². The van der Waals surface area contributed by atoms with Gasteiger partial charge in [0.1, 0.15) is 0 Å². The van der Waals surface area contributed by atoms with Crippen LogP contribution in [0.3, 0.4) is 0 Å². The molecule has 1 aliphatic heterocycles. The number of halogens is 1. The van der Waals surface area contributed by atoms with E-state index in [1.54, 1.807) is 11.3 Å². The van der Waals surface area contributed by atoms with Gasteiger partial charge in [-0.3, -0.25) is 4.79 Å². The maximum atomic E-state index is 11.3. The number of nitrogens with zero attached hydrogens (tertiary/aromatic N) is 1. The van der Waals surface area contributed by atoms with Crippen molar-refractivity contribution in [3.63, 3.8) is 0 Å². The summed E-state index contributed by atoms with van der Waals surface area (Å²) in [6.07, 6.45) is 1.37. The third kappa shape index (κ3) is 2.72. The third-order valence-electron chi connectivity index (χ3n) is 3.01. The van der Waals surface area contributed by atoms with Gasteiger partial charge in [0.15, 0.2) is 5.13 Å². The van der Waals surface area contributed by atoms with Gasteiger partial charge in [0.05, 0.1) is 5.69 Å². The van der Waals surface area contributed by atoms with E-state index in [9.17, 15) is 4.79 Å². The molecule has 19 heavy (non-hydrogen) atoms. The van der Waals surface area contributed by atoms with Gasteiger partial charge in [-0.1, -0.05) is 6.07 Å². The fourth-order valence-corrected chi connectivity index (χ4v) is 2.74. The van der Waals surface area contributed by atoms with Crippen LogP contribution in [0, 0.1) is 0 Å². The van der Waals surface area contributed by atoms with Crippen molar-refractivity contribution in [2.75, 3.05) is 17.7 Å². The van der Waals surface area contributed by atoms with Crippen LogP contribution >= 0.6 is 23.7 Å². The Kier molecular flexibility index (Phi) is 4.07. The van der Waals surface area contributed by atoms with Gasteiger partial charge >= 0.3 is 0 Å². The molecule has 0 aliphatic carbocycles. The number of carbonyl (C=O) groups is 1. The maximum absolute atomic E-state index is 11.3. The van der Waals surface area contributed by atoms with Crippen LogP contribution < -0.4 is 10.6 Å². The van der Waals surface area contributed by atoms with Crippen LogP contribution in [0.25, 0.3) is 11.3 Å². The number of hydrogen-bond acceptors (Lipinski definition) is 4. The fraction of sp³-hybridized carbons (Fsp3) is 0.231. The molecule has 0 atom stereocenters. The highest BCUT2D eigenvalue weighted by molar-refractivity contribution is 7.14. The molecular weight excluding hydrogens is 282 g/mol. The molecule has 2 aromatic rings. The molecule has 4 nitrogen and oxygen atoms in total. The van der Waals surface area contributed by atoms with Crippen molar-refractivity contribution >= 4 is 40.5 Å². The Bertz CT molecular complexity index is 612. The van der Waals surface area contributed by atoms with Gasteiger partial charge in [-0.2, -0.15) is 0 Å². The molecule has 2 N–H and O–H groups in total. The number of aryl methyl sites for hydroxylation is 1. The molecule has 100 valence electrons. The number of amides is 1. The largest absolute Gasteiger partial charge is 0.365 e. The van der Waals surface area contributed by atoms with Gasteiger partial charge in [-0.05, 0) is 24.1 Å². The lowest BCUT2D eigenvalue weighted by Crippen LogP contribution is -2.18. The minimum absolute atomic E-state index is 0. The molecule has 1 aliphatic rings. The second kappa shape index (κ2) is 5.59. The van der Waals surface area contributed by atoms with Gasteiger partial charge in [-0.25, -0.2) is 4.98 Å². The molecule has 0 saturated heterocycles. The number of nitrogens with one attached hydrogen (secondary N) is 2. The summed E-state index contributed by atoms with van der Waals surface area (Å²) < 4.78 is 0. The summed E-state index contributed by atoms with van der Waals surface area (Å²) in [5.41, 5.74) is 4.19. The van der Waals surface area contributed by atoms with Crippen molar-refractivity contribution in [3.8, 4) is 11.3 Å². The SMILES string of the molecule is CNc1nc(-c2ccc3c(c2)CCC(=O)N3)cs1.Cl.